The van der Waals surface area contributed by atoms with Crippen molar-refractivity contribution in [2.45, 2.75) is 229 Å². The van der Waals surface area contributed by atoms with Gasteiger partial charge < -0.3 is 0 Å². The van der Waals surface area contributed by atoms with Crippen LogP contribution in [-0.2, 0) is 48.1 Å². The minimum Gasteiger partial charge on any atom is -0.206 e. The molecular weight excluding hydrogens is 1600 g/mol. The molecule has 5 heterocycles. The van der Waals surface area contributed by atoms with Crippen LogP contribution in [0.2, 0.25) is 0 Å². The Morgan fingerprint density at radius 2 is 0.565 bits per heavy atom. The maximum absolute atomic E-state index is 15.2. The van der Waals surface area contributed by atoms with Gasteiger partial charge in [0.2, 0.25) is 28.5 Å². The third kappa shape index (κ3) is 18.9. The summed E-state index contributed by atoms with van der Waals surface area (Å²) in [7, 11) is 10.7. The van der Waals surface area contributed by atoms with Crippen molar-refractivity contribution < 1.29 is 31.6 Å². The predicted octanol–water partition coefficient (Wildman–Crippen LogP) is 30.8. The van der Waals surface area contributed by atoms with Crippen molar-refractivity contribution in [3.63, 3.8) is 0 Å². The SMILES string of the molecule is Cc1cc(-c2c(C)cccc2C)ccc1-c1c2ccc(C(C)C)cc2cc(C)[n+]1C.Cc1cc(-c2c3ccc(C(C)C)cc3cc(C)[n+]2C)c(C)c(C)c1F.Cc1cc(C)c(F)c(-c2c3ccc(C(C)C)cc3cc(C)[n+]2C)c1C.Cc1cc2c(cc1-c1c3ccc(C(C)C)cc3cc(C)[n+]1C)CCC2.Cc1cc2ccccc2cc1-c1c2ccc(C(C)C)cc2cc(C)[n+]1C. The first-order valence-electron chi connectivity index (χ1n) is 47.6. The minimum atomic E-state index is -0.112. The van der Waals surface area contributed by atoms with E-state index >= 15 is 4.39 Å². The van der Waals surface area contributed by atoms with Crippen LogP contribution < -0.4 is 22.8 Å². The molecule has 18 rings (SSSR count). The normalized spacial score (nSPS) is 12.0. The van der Waals surface area contributed by atoms with Gasteiger partial charge in [-0.25, -0.2) is 8.78 Å². The average molecular weight is 1740 g/mol. The Morgan fingerprint density at radius 1 is 0.229 bits per heavy atom. The average Bonchev–Trinajstić information content (AvgIpc) is 1.63. The zero-order valence-electron chi connectivity index (χ0n) is 84.3. The summed E-state index contributed by atoms with van der Waals surface area (Å²) in [4.78, 5) is 0. The highest BCUT2D eigenvalue weighted by Crippen LogP contribution is 2.42. The number of benzene rings is 12. The molecule has 0 bridgehead atoms. The van der Waals surface area contributed by atoms with E-state index in [1.807, 2.05) is 53.8 Å². The van der Waals surface area contributed by atoms with E-state index in [2.05, 4.69) is 403 Å². The second kappa shape index (κ2) is 38.7. The van der Waals surface area contributed by atoms with Gasteiger partial charge in [-0.1, -0.05) is 203 Å². The van der Waals surface area contributed by atoms with Crippen LogP contribution in [0.3, 0.4) is 0 Å². The van der Waals surface area contributed by atoms with Gasteiger partial charge in [0, 0.05) is 70.5 Å². The van der Waals surface area contributed by atoms with Crippen LogP contribution >= 0.6 is 0 Å². The number of aryl methyl sites for hydroxylation is 15. The summed E-state index contributed by atoms with van der Waals surface area (Å²) in [6.45, 7) is 56.0. The van der Waals surface area contributed by atoms with Gasteiger partial charge >= 0.3 is 0 Å². The first-order chi connectivity index (χ1) is 62.1. The quantitative estimate of drug-likeness (QED) is 0.115. The third-order valence-electron chi connectivity index (χ3n) is 28.9. The lowest BCUT2D eigenvalue weighted by molar-refractivity contribution is -0.665. The molecular formula is C124H140F2N5+5. The monoisotopic (exact) mass is 1740 g/mol. The number of pyridine rings is 5. The molecule has 1 aliphatic rings. The van der Waals surface area contributed by atoms with Gasteiger partial charge in [-0.3, -0.25) is 0 Å². The lowest BCUT2D eigenvalue weighted by Gasteiger charge is -2.15. The molecule has 5 aromatic heterocycles. The van der Waals surface area contributed by atoms with E-state index in [-0.39, 0.29) is 11.6 Å². The molecule has 0 fully saturated rings. The topological polar surface area (TPSA) is 19.4 Å². The highest BCUT2D eigenvalue weighted by Gasteiger charge is 2.30. The Labute approximate surface area is 781 Å². The Morgan fingerprint density at radius 3 is 0.962 bits per heavy atom. The van der Waals surface area contributed by atoms with E-state index in [1.165, 1.54) is 202 Å². The van der Waals surface area contributed by atoms with Crippen molar-refractivity contribution in [2.75, 3.05) is 0 Å². The smallest absolute Gasteiger partial charge is 0.206 e. The molecule has 0 saturated heterocycles. The number of hydrogen-bond donors (Lipinski definition) is 0. The first kappa shape index (κ1) is 94.9. The highest BCUT2D eigenvalue weighted by molar-refractivity contribution is 6.00. The van der Waals surface area contributed by atoms with Crippen LogP contribution in [-0.4, -0.2) is 0 Å². The van der Waals surface area contributed by atoms with Crippen molar-refractivity contribution >= 4 is 64.6 Å². The summed E-state index contributed by atoms with van der Waals surface area (Å²) < 4.78 is 40.8. The van der Waals surface area contributed by atoms with Gasteiger partial charge in [-0.2, -0.15) is 22.8 Å². The number of fused-ring (bicyclic) bond motifs is 7. The number of aromatic nitrogens is 5. The molecule has 0 atom stereocenters. The fourth-order valence-electron chi connectivity index (χ4n) is 20.0. The minimum absolute atomic E-state index is 0.0945. The highest BCUT2D eigenvalue weighted by atomic mass is 19.1. The zero-order chi connectivity index (χ0) is 94.6. The molecule has 131 heavy (non-hydrogen) atoms. The van der Waals surface area contributed by atoms with E-state index in [9.17, 15) is 4.39 Å². The molecule has 0 unspecified atom stereocenters. The van der Waals surface area contributed by atoms with Gasteiger partial charge in [0.05, 0.1) is 49.2 Å². The molecule has 7 heteroatoms. The van der Waals surface area contributed by atoms with E-state index in [0.717, 1.165) is 55.8 Å². The van der Waals surface area contributed by atoms with Gasteiger partial charge in [-0.15, -0.1) is 0 Å². The molecule has 0 N–H and O–H groups in total. The van der Waals surface area contributed by atoms with Crippen molar-refractivity contribution in [1.29, 1.82) is 0 Å². The Balaban J connectivity index is 0.000000132. The number of hydrogen-bond acceptors (Lipinski definition) is 0. The zero-order valence-corrected chi connectivity index (χ0v) is 84.3. The fourth-order valence-corrected chi connectivity index (χ4v) is 20.0. The molecule has 0 spiro atoms. The van der Waals surface area contributed by atoms with E-state index < -0.39 is 0 Å². The molecule has 0 radical (unpaired) electrons. The van der Waals surface area contributed by atoms with Gasteiger partial charge in [0.25, 0.3) is 0 Å². The number of halogens is 2. The molecule has 0 amide bonds. The predicted molar refractivity (Wildman–Crippen MR) is 554 cm³/mol. The van der Waals surface area contributed by atoms with Crippen LogP contribution in [0.1, 0.15) is 234 Å². The fraction of sp³-hybridized carbons (Fsp3) is 0.315. The van der Waals surface area contributed by atoms with Crippen LogP contribution in [0.4, 0.5) is 8.78 Å². The maximum Gasteiger partial charge on any atom is 0.223 e. The van der Waals surface area contributed by atoms with Crippen LogP contribution in [0, 0.1) is 122 Å². The number of rotatable bonds is 11. The Kier molecular flexibility index (Phi) is 28.0. The second-order valence-corrected chi connectivity index (χ2v) is 39.7. The van der Waals surface area contributed by atoms with Crippen molar-refractivity contribution in [3.8, 4) is 67.4 Å². The second-order valence-electron chi connectivity index (χ2n) is 39.7. The van der Waals surface area contributed by atoms with Gasteiger partial charge in [0.1, 0.15) is 46.9 Å². The van der Waals surface area contributed by atoms with Crippen LogP contribution in [0.5, 0.6) is 0 Å². The third-order valence-corrected chi connectivity index (χ3v) is 28.9. The van der Waals surface area contributed by atoms with Crippen molar-refractivity contribution in [2.24, 2.45) is 35.2 Å². The van der Waals surface area contributed by atoms with Gasteiger partial charge in [-0.05, 0) is 329 Å². The lowest BCUT2D eigenvalue weighted by Crippen LogP contribution is -2.35. The Bertz CT molecular complexity index is 7320. The Hall–Kier alpha value is -12.2. The summed E-state index contributed by atoms with van der Waals surface area (Å²) in [6, 6.07) is 81.1. The van der Waals surface area contributed by atoms with E-state index in [4.69, 9.17) is 0 Å². The lowest BCUT2D eigenvalue weighted by atomic mass is 9.91. The summed E-state index contributed by atoms with van der Waals surface area (Å²) in [5.41, 5.74) is 42.7. The molecule has 12 aromatic carbocycles. The summed E-state index contributed by atoms with van der Waals surface area (Å²) in [5, 5.41) is 15.3. The van der Waals surface area contributed by atoms with Gasteiger partial charge in [0.15, 0.2) is 28.5 Å². The molecule has 670 valence electrons. The van der Waals surface area contributed by atoms with Crippen molar-refractivity contribution in [3.05, 3.63) is 359 Å². The van der Waals surface area contributed by atoms with Crippen LogP contribution in [0.25, 0.3) is 132 Å². The van der Waals surface area contributed by atoms with E-state index in [0.29, 0.717) is 40.7 Å². The molecule has 17 aromatic rings. The summed E-state index contributed by atoms with van der Waals surface area (Å²) in [5.74, 6) is 2.40. The standard InChI is InChI=1S/C29H32N.C25H26N.C24H28N.2C23H27FN/c1-18(2)23-11-14-27-25(17-23)16-22(6)30(7)29(27)26-13-12-24(15-21(26)5)28-19(3)9-8-10-20(28)4;1-16(2)19-10-11-23-22(14-19)13-18(4)26(5)25(23)24-15-21-9-7-6-8-20(21)12-17(24)3;1-15(2)18-9-10-22-21(13-18)12-17(4)25(5)24(22)23-14-20-8-6-7-19(20)11-16(23)3;1-13(2)18-8-9-20-19(12-18)11-15(4)25(7)23(20)21-10-14(3)22(24)17(6)16(21)5;1-13(2)18-8-9-20-19(12-18)11-16(5)25(7)23(20)21-17(6)14(3)10-15(4)22(21)24/h8-18H,1-7H3;6-16H,1-5H3;9-15H,6-8H2,1-5H3;2*8-13H,1-7H3/q5*+1. The molecule has 1 aliphatic carbocycles. The summed E-state index contributed by atoms with van der Waals surface area (Å²) >= 11 is 0. The molecule has 0 aliphatic heterocycles. The largest absolute Gasteiger partial charge is 0.223 e. The number of nitrogens with zero attached hydrogens (tertiary/aromatic N) is 5. The maximum atomic E-state index is 15.2. The molecule has 5 nitrogen and oxygen atoms in total. The summed E-state index contributed by atoms with van der Waals surface area (Å²) in [6.07, 6.45) is 3.78. The van der Waals surface area contributed by atoms with E-state index in [1.54, 1.807) is 11.1 Å². The van der Waals surface area contributed by atoms with Crippen LogP contribution in [0.15, 0.2) is 218 Å². The molecule has 0 saturated carbocycles. The van der Waals surface area contributed by atoms with Crippen molar-refractivity contribution in [1.82, 2.24) is 0 Å². The first-order valence-corrected chi connectivity index (χ1v) is 47.6.